The number of hydrogen-bond acceptors (Lipinski definition) is 7. The molecule has 0 fully saturated rings. The zero-order valence-electron chi connectivity index (χ0n) is 15.3. The molecule has 0 aliphatic heterocycles. The van der Waals surface area contributed by atoms with E-state index in [1.807, 2.05) is 0 Å². The highest BCUT2D eigenvalue weighted by Gasteiger charge is 2.15. The fourth-order valence-corrected chi connectivity index (χ4v) is 4.21. The summed E-state index contributed by atoms with van der Waals surface area (Å²) >= 11 is 2.52. The number of esters is 2. The van der Waals surface area contributed by atoms with Gasteiger partial charge in [-0.15, -0.1) is 11.3 Å². The van der Waals surface area contributed by atoms with Gasteiger partial charge in [0, 0.05) is 0 Å². The Balaban J connectivity index is 2.10. The van der Waals surface area contributed by atoms with Crippen molar-refractivity contribution in [1.82, 2.24) is 4.57 Å². The standard InChI is InChI=1S/C19H18N2O5S2/c1-3-25-16(22)11-21-13-8-7-12(18(24)26-4-2)10-15(13)28-19(21)20-17(23)14-6-5-9-27-14/h5-10H,3-4,11H2,1-2H3. The molecule has 0 atom stereocenters. The summed E-state index contributed by atoms with van der Waals surface area (Å²) in [7, 11) is 0. The van der Waals surface area contributed by atoms with E-state index in [4.69, 9.17) is 9.47 Å². The fraction of sp³-hybridized carbons (Fsp3) is 0.263. The Labute approximate surface area is 168 Å². The van der Waals surface area contributed by atoms with Crippen LogP contribution < -0.4 is 4.80 Å². The number of hydrogen-bond donors (Lipinski definition) is 0. The van der Waals surface area contributed by atoms with Crippen molar-refractivity contribution in [1.29, 1.82) is 0 Å². The Hall–Kier alpha value is -2.78. The van der Waals surface area contributed by atoms with Gasteiger partial charge in [0.2, 0.25) is 0 Å². The molecule has 146 valence electrons. The van der Waals surface area contributed by atoms with E-state index < -0.39 is 11.9 Å². The number of rotatable bonds is 6. The molecule has 0 radical (unpaired) electrons. The highest BCUT2D eigenvalue weighted by Crippen LogP contribution is 2.20. The summed E-state index contributed by atoms with van der Waals surface area (Å²) in [6, 6.07) is 8.48. The number of thiophene rings is 1. The fourth-order valence-electron chi connectivity index (χ4n) is 2.53. The maximum Gasteiger partial charge on any atom is 0.338 e. The summed E-state index contributed by atoms with van der Waals surface area (Å²) < 4.78 is 12.4. The van der Waals surface area contributed by atoms with Crippen LogP contribution in [0.3, 0.4) is 0 Å². The van der Waals surface area contributed by atoms with Gasteiger partial charge in [0.1, 0.15) is 6.54 Å². The number of carbonyl (C=O) groups is 3. The second kappa shape index (κ2) is 8.94. The molecule has 1 amide bonds. The molecule has 0 aliphatic carbocycles. The van der Waals surface area contributed by atoms with Crippen LogP contribution in [0.25, 0.3) is 10.2 Å². The van der Waals surface area contributed by atoms with Gasteiger partial charge in [-0.2, -0.15) is 4.99 Å². The molecule has 0 bridgehead atoms. The minimum atomic E-state index is -0.429. The first-order chi connectivity index (χ1) is 13.5. The molecule has 0 saturated heterocycles. The summed E-state index contributed by atoms with van der Waals surface area (Å²) in [5, 5.41) is 1.80. The van der Waals surface area contributed by atoms with Crippen LogP contribution in [0.4, 0.5) is 0 Å². The number of amides is 1. The van der Waals surface area contributed by atoms with E-state index in [0.29, 0.717) is 25.5 Å². The van der Waals surface area contributed by atoms with Crippen LogP contribution in [0, 0.1) is 0 Å². The highest BCUT2D eigenvalue weighted by atomic mass is 32.1. The molecule has 0 saturated carbocycles. The van der Waals surface area contributed by atoms with Crippen molar-refractivity contribution < 1.29 is 23.9 Å². The van der Waals surface area contributed by atoms with Crippen LogP contribution in [0.5, 0.6) is 0 Å². The molecule has 3 aromatic rings. The summed E-state index contributed by atoms with van der Waals surface area (Å²) in [5.74, 6) is -1.24. The van der Waals surface area contributed by atoms with Gasteiger partial charge in [0.25, 0.3) is 5.91 Å². The Bertz CT molecular complexity index is 1080. The first kappa shape index (κ1) is 20.0. The lowest BCUT2D eigenvalue weighted by Gasteiger charge is -2.06. The number of aromatic nitrogens is 1. The van der Waals surface area contributed by atoms with Gasteiger partial charge in [-0.1, -0.05) is 17.4 Å². The minimum Gasteiger partial charge on any atom is -0.465 e. The first-order valence-corrected chi connectivity index (χ1v) is 10.3. The SMILES string of the molecule is CCOC(=O)Cn1c(=NC(=O)c2cccs2)sc2cc(C(=O)OCC)ccc21. The molecule has 9 heteroatoms. The van der Waals surface area contributed by atoms with Gasteiger partial charge in [-0.3, -0.25) is 9.59 Å². The molecule has 2 heterocycles. The molecule has 3 rings (SSSR count). The van der Waals surface area contributed by atoms with Crippen molar-refractivity contribution in [2.75, 3.05) is 13.2 Å². The van der Waals surface area contributed by atoms with Gasteiger partial charge in [-0.25, -0.2) is 4.79 Å². The van der Waals surface area contributed by atoms with E-state index in [2.05, 4.69) is 4.99 Å². The van der Waals surface area contributed by atoms with Crippen molar-refractivity contribution in [3.8, 4) is 0 Å². The van der Waals surface area contributed by atoms with Crippen molar-refractivity contribution in [2.45, 2.75) is 20.4 Å². The monoisotopic (exact) mass is 418 g/mol. The molecule has 0 unspecified atom stereocenters. The van der Waals surface area contributed by atoms with E-state index in [9.17, 15) is 14.4 Å². The molecule has 0 spiro atoms. The number of thiazole rings is 1. The van der Waals surface area contributed by atoms with E-state index in [1.165, 1.54) is 22.7 Å². The predicted molar refractivity (Wildman–Crippen MR) is 107 cm³/mol. The van der Waals surface area contributed by atoms with Crippen LogP contribution >= 0.6 is 22.7 Å². The van der Waals surface area contributed by atoms with Gasteiger partial charge in [0.15, 0.2) is 4.80 Å². The summed E-state index contributed by atoms with van der Waals surface area (Å²) in [6.07, 6.45) is 0. The number of ether oxygens (including phenoxy) is 2. The smallest absolute Gasteiger partial charge is 0.338 e. The maximum atomic E-state index is 12.4. The lowest BCUT2D eigenvalue weighted by molar-refractivity contribution is -0.143. The Kier molecular flexibility index (Phi) is 6.37. The van der Waals surface area contributed by atoms with E-state index in [0.717, 1.165) is 0 Å². The lowest BCUT2D eigenvalue weighted by Crippen LogP contribution is -2.23. The zero-order chi connectivity index (χ0) is 20.1. The third-order valence-corrected chi connectivity index (χ3v) is 5.61. The largest absolute Gasteiger partial charge is 0.465 e. The van der Waals surface area contributed by atoms with Crippen molar-refractivity contribution in [3.63, 3.8) is 0 Å². The Morgan fingerprint density at radius 3 is 2.57 bits per heavy atom. The average molecular weight is 418 g/mol. The topological polar surface area (TPSA) is 87.0 Å². The second-order valence-corrected chi connectivity index (χ2v) is 7.53. The molecule has 28 heavy (non-hydrogen) atoms. The van der Waals surface area contributed by atoms with Crippen LogP contribution in [0.15, 0.2) is 40.7 Å². The van der Waals surface area contributed by atoms with E-state index in [1.54, 1.807) is 54.1 Å². The molecule has 0 aliphatic rings. The van der Waals surface area contributed by atoms with Gasteiger partial charge >= 0.3 is 11.9 Å². The van der Waals surface area contributed by atoms with Crippen LogP contribution in [-0.4, -0.2) is 35.6 Å². The summed E-state index contributed by atoms with van der Waals surface area (Å²) in [4.78, 5) is 41.5. The van der Waals surface area contributed by atoms with E-state index in [-0.39, 0.29) is 25.7 Å². The molecule has 2 aromatic heterocycles. The van der Waals surface area contributed by atoms with Crippen molar-refractivity contribution >= 4 is 50.7 Å². The molecule has 0 N–H and O–H groups in total. The minimum absolute atomic E-state index is 0.0802. The second-order valence-electron chi connectivity index (χ2n) is 5.57. The zero-order valence-corrected chi connectivity index (χ0v) is 17.0. The van der Waals surface area contributed by atoms with E-state index >= 15 is 0 Å². The van der Waals surface area contributed by atoms with Gasteiger partial charge in [-0.05, 0) is 43.5 Å². The van der Waals surface area contributed by atoms with Crippen LogP contribution in [-0.2, 0) is 20.8 Å². The average Bonchev–Trinajstić information content (AvgIpc) is 3.31. The third kappa shape index (κ3) is 4.37. The van der Waals surface area contributed by atoms with Gasteiger partial charge in [0.05, 0.1) is 33.9 Å². The number of benzene rings is 1. The summed E-state index contributed by atoms with van der Waals surface area (Å²) in [5.41, 5.74) is 1.08. The van der Waals surface area contributed by atoms with Gasteiger partial charge < -0.3 is 14.0 Å². The predicted octanol–water partition coefficient (Wildman–Crippen LogP) is 3.25. The Morgan fingerprint density at radius 1 is 1.11 bits per heavy atom. The molecular formula is C19H18N2O5S2. The normalized spacial score (nSPS) is 11.6. The van der Waals surface area contributed by atoms with Crippen molar-refractivity contribution in [2.24, 2.45) is 4.99 Å². The van der Waals surface area contributed by atoms with Crippen LogP contribution in [0.1, 0.15) is 33.9 Å². The molecule has 7 nitrogen and oxygen atoms in total. The third-order valence-electron chi connectivity index (χ3n) is 3.72. The number of fused-ring (bicyclic) bond motifs is 1. The summed E-state index contributed by atoms with van der Waals surface area (Å²) in [6.45, 7) is 3.92. The number of carbonyl (C=O) groups excluding carboxylic acids is 3. The van der Waals surface area contributed by atoms with Crippen molar-refractivity contribution in [3.05, 3.63) is 51.0 Å². The quantitative estimate of drug-likeness (QED) is 0.574. The first-order valence-electron chi connectivity index (χ1n) is 8.62. The maximum absolute atomic E-state index is 12.4. The number of nitrogens with zero attached hydrogens (tertiary/aromatic N) is 2. The molecule has 1 aromatic carbocycles. The highest BCUT2D eigenvalue weighted by molar-refractivity contribution is 7.16. The molecular weight excluding hydrogens is 400 g/mol. The Morgan fingerprint density at radius 2 is 1.89 bits per heavy atom. The lowest BCUT2D eigenvalue weighted by atomic mass is 10.2. The van der Waals surface area contributed by atoms with Crippen LogP contribution in [0.2, 0.25) is 0 Å².